The summed E-state index contributed by atoms with van der Waals surface area (Å²) < 4.78 is 16.5. The maximum Gasteiger partial charge on any atom is 0.0920 e. The zero-order chi connectivity index (χ0) is 15.3. The zero-order valence-electron chi connectivity index (χ0n) is 13.1. The van der Waals surface area contributed by atoms with E-state index in [0.29, 0.717) is 11.3 Å². The molecule has 1 saturated carbocycles. The predicted molar refractivity (Wildman–Crippen MR) is 76.7 cm³/mol. The Balaban J connectivity index is 2.08. The van der Waals surface area contributed by atoms with Crippen LogP contribution in [0.2, 0.25) is 0 Å². The van der Waals surface area contributed by atoms with E-state index in [9.17, 15) is 5.11 Å². The van der Waals surface area contributed by atoms with Gasteiger partial charge in [-0.1, -0.05) is 31.4 Å². The van der Waals surface area contributed by atoms with Gasteiger partial charge in [-0.05, 0) is 36.5 Å². The van der Waals surface area contributed by atoms with Crippen LogP contribution >= 0.6 is 0 Å². The molecule has 0 aliphatic heterocycles. The van der Waals surface area contributed by atoms with Crippen LogP contribution in [0.3, 0.4) is 0 Å². The van der Waals surface area contributed by atoms with Crippen molar-refractivity contribution in [2.75, 3.05) is 11.8 Å². The summed E-state index contributed by atoms with van der Waals surface area (Å²) in [5.41, 5.74) is 1.29. The van der Waals surface area contributed by atoms with Crippen LogP contribution in [-0.4, -0.2) is 11.6 Å². The third-order valence-corrected chi connectivity index (χ3v) is 3.58. The van der Waals surface area contributed by atoms with Crippen molar-refractivity contribution < 1.29 is 7.85 Å². The second-order valence-electron chi connectivity index (χ2n) is 5.11. The molecule has 1 aliphatic rings. The lowest BCUT2D eigenvalue weighted by molar-refractivity contribution is 0.183. The molecule has 0 spiro atoms. The Bertz CT molecular complexity index is 507. The lowest BCUT2D eigenvalue weighted by atomic mass is 9.89. The quantitative estimate of drug-likeness (QED) is 0.850. The molecule has 2 rings (SSSR count). The van der Waals surface area contributed by atoms with Crippen molar-refractivity contribution in [3.05, 3.63) is 29.8 Å². The van der Waals surface area contributed by atoms with Crippen molar-refractivity contribution in [1.29, 1.82) is 5.26 Å². The summed E-state index contributed by atoms with van der Waals surface area (Å²) in [4.78, 5) is 0. The van der Waals surface area contributed by atoms with Crippen LogP contribution in [0.5, 0.6) is 0 Å². The van der Waals surface area contributed by atoms with Crippen molar-refractivity contribution in [3.63, 3.8) is 0 Å². The Morgan fingerprint density at radius 2 is 2.21 bits per heavy atom. The summed E-state index contributed by atoms with van der Waals surface area (Å²) in [6.45, 7) is -1.45. The molecule has 0 amide bonds. The Labute approximate surface area is 118 Å². The lowest BCUT2D eigenvalue weighted by Crippen LogP contribution is -2.17. The minimum Gasteiger partial charge on any atom is -0.387 e. The van der Waals surface area contributed by atoms with Gasteiger partial charge in [-0.3, -0.25) is 0 Å². The number of anilines is 1. The monoisotopic (exact) mass is 260 g/mol. The number of aliphatic hydroxyl groups excluding tert-OH is 1. The fraction of sp³-hybridized carbons (Fsp3) is 0.562. The van der Waals surface area contributed by atoms with Crippen LogP contribution in [-0.2, 0) is 0 Å². The third kappa shape index (κ3) is 4.25. The Morgan fingerprint density at radius 3 is 2.95 bits per heavy atom. The first-order valence-electron chi connectivity index (χ1n) is 7.96. The highest BCUT2D eigenvalue weighted by molar-refractivity contribution is 5.46. The van der Waals surface area contributed by atoms with E-state index in [1.807, 2.05) is 6.07 Å². The summed E-state index contributed by atoms with van der Waals surface area (Å²) >= 11 is 0. The van der Waals surface area contributed by atoms with E-state index < -0.39 is 12.6 Å². The average Bonchev–Trinajstić information content (AvgIpc) is 2.48. The smallest absolute Gasteiger partial charge is 0.0920 e. The molecule has 102 valence electrons. The van der Waals surface area contributed by atoms with Crippen LogP contribution < -0.4 is 5.32 Å². The van der Waals surface area contributed by atoms with Crippen LogP contribution in [0.25, 0.3) is 0 Å². The molecule has 0 bridgehead atoms. The van der Waals surface area contributed by atoms with E-state index in [1.165, 1.54) is 6.42 Å². The number of nitriles is 1. The number of rotatable bonds is 5. The SMILES string of the molecule is [2H]C([2H])(Nc1cccc(C(O)CC#N)c1)C1CCCCC1. The number of benzene rings is 1. The normalized spacial score (nSPS) is 20.0. The van der Waals surface area contributed by atoms with Gasteiger partial charge in [0, 0.05) is 14.9 Å². The second-order valence-corrected chi connectivity index (χ2v) is 5.11. The number of aliphatic hydroxyl groups is 1. The largest absolute Gasteiger partial charge is 0.387 e. The molecule has 1 unspecified atom stereocenters. The molecule has 1 aromatic carbocycles. The average molecular weight is 260 g/mol. The standard InChI is InChI=1S/C16H22N2O/c17-10-9-16(19)14-7-4-8-15(11-14)18-12-13-5-2-1-3-6-13/h4,7-8,11,13,16,18-19H,1-3,5-6,9,12H2/i12D2. The molecule has 19 heavy (non-hydrogen) atoms. The molecular formula is C16H22N2O. The molecule has 0 saturated heterocycles. The molecule has 1 aliphatic carbocycles. The van der Waals surface area contributed by atoms with Gasteiger partial charge in [0.2, 0.25) is 0 Å². The molecule has 1 aromatic rings. The van der Waals surface area contributed by atoms with Crippen LogP contribution in [0, 0.1) is 17.2 Å². The molecule has 3 nitrogen and oxygen atoms in total. The van der Waals surface area contributed by atoms with E-state index in [4.69, 9.17) is 8.00 Å². The first-order valence-corrected chi connectivity index (χ1v) is 6.96. The fourth-order valence-electron chi connectivity index (χ4n) is 2.46. The zero-order valence-corrected chi connectivity index (χ0v) is 11.1. The number of hydrogen-bond donors (Lipinski definition) is 2. The summed E-state index contributed by atoms with van der Waals surface area (Å²) in [5.74, 6) is 0.0268. The van der Waals surface area contributed by atoms with E-state index in [-0.39, 0.29) is 12.3 Å². The number of hydrogen-bond acceptors (Lipinski definition) is 3. The maximum atomic E-state index is 9.85. The van der Waals surface area contributed by atoms with Gasteiger partial charge in [-0.2, -0.15) is 5.26 Å². The molecule has 0 aromatic heterocycles. The summed E-state index contributed by atoms with van der Waals surface area (Å²) in [6, 6.07) is 8.99. The van der Waals surface area contributed by atoms with Crippen molar-refractivity contribution >= 4 is 5.69 Å². The highest BCUT2D eigenvalue weighted by Crippen LogP contribution is 2.25. The van der Waals surface area contributed by atoms with Crippen LogP contribution in [0.15, 0.2) is 24.3 Å². The van der Waals surface area contributed by atoms with Gasteiger partial charge in [0.15, 0.2) is 0 Å². The highest BCUT2D eigenvalue weighted by Gasteiger charge is 2.13. The van der Waals surface area contributed by atoms with Gasteiger partial charge >= 0.3 is 0 Å². The highest BCUT2D eigenvalue weighted by atomic mass is 16.3. The van der Waals surface area contributed by atoms with Crippen LogP contribution in [0.4, 0.5) is 5.69 Å². The minimum atomic E-state index is -1.45. The summed E-state index contributed by atoms with van der Waals surface area (Å²) in [5, 5.41) is 21.5. The Kier molecular flexibility index (Phi) is 4.26. The lowest BCUT2D eigenvalue weighted by Gasteiger charge is -2.22. The molecule has 0 heterocycles. The molecule has 0 radical (unpaired) electrons. The molecule has 1 fully saturated rings. The molecular weight excluding hydrogens is 236 g/mol. The fourth-order valence-corrected chi connectivity index (χ4v) is 2.46. The van der Waals surface area contributed by atoms with Gasteiger partial charge in [0.25, 0.3) is 0 Å². The van der Waals surface area contributed by atoms with Crippen molar-refractivity contribution in [2.45, 2.75) is 44.6 Å². The van der Waals surface area contributed by atoms with E-state index in [1.54, 1.807) is 24.3 Å². The Morgan fingerprint density at radius 1 is 1.42 bits per heavy atom. The van der Waals surface area contributed by atoms with E-state index in [0.717, 1.165) is 25.7 Å². The van der Waals surface area contributed by atoms with Gasteiger partial charge in [0.05, 0.1) is 18.6 Å². The topological polar surface area (TPSA) is 56.0 Å². The van der Waals surface area contributed by atoms with Gasteiger partial charge in [-0.25, -0.2) is 0 Å². The van der Waals surface area contributed by atoms with E-state index in [2.05, 4.69) is 5.32 Å². The van der Waals surface area contributed by atoms with Gasteiger partial charge < -0.3 is 10.4 Å². The van der Waals surface area contributed by atoms with Crippen molar-refractivity contribution in [3.8, 4) is 6.07 Å². The van der Waals surface area contributed by atoms with Gasteiger partial charge in [0.1, 0.15) is 0 Å². The first kappa shape index (κ1) is 11.3. The maximum absolute atomic E-state index is 9.85. The summed E-state index contributed by atoms with van der Waals surface area (Å²) in [6.07, 6.45) is 4.42. The molecule has 3 heteroatoms. The minimum absolute atomic E-state index is 0.0268. The van der Waals surface area contributed by atoms with Crippen molar-refractivity contribution in [2.24, 2.45) is 5.92 Å². The van der Waals surface area contributed by atoms with Gasteiger partial charge in [-0.15, -0.1) is 0 Å². The van der Waals surface area contributed by atoms with Crippen LogP contribution in [0.1, 0.15) is 52.9 Å². The predicted octanol–water partition coefficient (Wildman–Crippen LogP) is 3.63. The number of nitrogens with zero attached hydrogens (tertiary/aromatic N) is 1. The first-order chi connectivity index (χ1) is 10.0. The molecule has 2 N–H and O–H groups in total. The molecule has 1 atom stereocenters. The third-order valence-electron chi connectivity index (χ3n) is 3.58. The Hall–Kier alpha value is -1.53. The van der Waals surface area contributed by atoms with Crippen molar-refractivity contribution in [1.82, 2.24) is 0 Å². The summed E-state index contributed by atoms with van der Waals surface area (Å²) in [7, 11) is 0. The van der Waals surface area contributed by atoms with E-state index >= 15 is 0 Å². The number of nitrogens with one attached hydrogen (secondary N) is 1. The second kappa shape index (κ2) is 7.16.